The summed E-state index contributed by atoms with van der Waals surface area (Å²) < 4.78 is 2.57. The summed E-state index contributed by atoms with van der Waals surface area (Å²) >= 11 is 0. The summed E-state index contributed by atoms with van der Waals surface area (Å²) in [5.41, 5.74) is 6.90. The third-order valence-corrected chi connectivity index (χ3v) is 5.46. The van der Waals surface area contributed by atoms with Crippen molar-refractivity contribution in [2.24, 2.45) is 5.92 Å². The molecule has 0 saturated heterocycles. The van der Waals surface area contributed by atoms with Crippen LogP contribution >= 0.6 is 0 Å². The van der Waals surface area contributed by atoms with Crippen molar-refractivity contribution in [2.45, 2.75) is 46.7 Å². The molecular formula is C23H29N3. The molecule has 26 heavy (non-hydrogen) atoms. The molecule has 2 aromatic heterocycles. The molecule has 3 heteroatoms. The smallest absolute Gasteiger partial charge is 0.0486 e. The SMILES string of the molecule is Cc1ccc(CCn2c3c(c4ccccc42)CN(CC(C)C)CC3)cn1. The summed E-state index contributed by atoms with van der Waals surface area (Å²) in [4.78, 5) is 7.07. The van der Waals surface area contributed by atoms with Gasteiger partial charge in [-0.1, -0.05) is 38.1 Å². The number of pyridine rings is 1. The molecule has 136 valence electrons. The molecule has 0 N–H and O–H groups in total. The Balaban J connectivity index is 1.64. The van der Waals surface area contributed by atoms with E-state index in [0.717, 1.165) is 37.5 Å². The largest absolute Gasteiger partial charge is 0.344 e. The number of benzene rings is 1. The van der Waals surface area contributed by atoms with E-state index in [1.54, 1.807) is 11.3 Å². The van der Waals surface area contributed by atoms with Gasteiger partial charge in [-0.15, -0.1) is 0 Å². The minimum absolute atomic E-state index is 0.721. The van der Waals surface area contributed by atoms with E-state index in [1.165, 1.54) is 29.6 Å². The Labute approximate surface area is 156 Å². The van der Waals surface area contributed by atoms with E-state index in [1.807, 2.05) is 13.1 Å². The van der Waals surface area contributed by atoms with E-state index in [4.69, 9.17) is 0 Å². The number of nitrogens with zero attached hydrogens (tertiary/aromatic N) is 3. The number of aryl methyl sites for hydroxylation is 3. The number of hydrogen-bond donors (Lipinski definition) is 0. The Morgan fingerprint density at radius 2 is 1.96 bits per heavy atom. The standard InChI is InChI=1S/C23H29N3/c1-17(2)15-25-12-11-23-21(16-25)20-6-4-5-7-22(20)26(23)13-10-19-9-8-18(3)24-14-19/h4-9,14,17H,10-13,15-16H2,1-3H3. The Hall–Kier alpha value is -2.13. The van der Waals surface area contributed by atoms with Crippen LogP contribution in [0.15, 0.2) is 42.6 Å². The zero-order chi connectivity index (χ0) is 18.1. The lowest BCUT2D eigenvalue weighted by atomic mass is 10.0. The molecule has 4 rings (SSSR count). The summed E-state index contributed by atoms with van der Waals surface area (Å²) in [6, 6.07) is 13.3. The number of para-hydroxylation sites is 1. The first-order valence-electron chi connectivity index (χ1n) is 9.84. The monoisotopic (exact) mass is 347 g/mol. The van der Waals surface area contributed by atoms with Crippen LogP contribution < -0.4 is 0 Å². The van der Waals surface area contributed by atoms with Crippen molar-refractivity contribution in [1.82, 2.24) is 14.5 Å². The Morgan fingerprint density at radius 3 is 2.73 bits per heavy atom. The first-order chi connectivity index (χ1) is 12.6. The average molecular weight is 348 g/mol. The van der Waals surface area contributed by atoms with Crippen molar-refractivity contribution in [2.75, 3.05) is 13.1 Å². The van der Waals surface area contributed by atoms with E-state index < -0.39 is 0 Å². The van der Waals surface area contributed by atoms with Crippen molar-refractivity contribution >= 4 is 10.9 Å². The van der Waals surface area contributed by atoms with Crippen LogP contribution in [0.4, 0.5) is 0 Å². The van der Waals surface area contributed by atoms with E-state index in [-0.39, 0.29) is 0 Å². The van der Waals surface area contributed by atoms with Gasteiger partial charge in [-0.05, 0) is 42.5 Å². The molecule has 3 aromatic rings. The molecule has 1 aliphatic heterocycles. The van der Waals surface area contributed by atoms with Crippen LogP contribution in [0.5, 0.6) is 0 Å². The van der Waals surface area contributed by atoms with Crippen LogP contribution in [-0.4, -0.2) is 27.5 Å². The molecule has 0 amide bonds. The average Bonchev–Trinajstić information content (AvgIpc) is 2.94. The van der Waals surface area contributed by atoms with Crippen molar-refractivity contribution in [1.29, 1.82) is 0 Å². The van der Waals surface area contributed by atoms with Gasteiger partial charge in [0.15, 0.2) is 0 Å². The molecule has 0 spiro atoms. The van der Waals surface area contributed by atoms with Crippen LogP contribution in [0.25, 0.3) is 10.9 Å². The molecule has 0 radical (unpaired) electrons. The van der Waals surface area contributed by atoms with Crippen molar-refractivity contribution in [3.05, 3.63) is 65.1 Å². The highest BCUT2D eigenvalue weighted by Gasteiger charge is 2.23. The van der Waals surface area contributed by atoms with E-state index in [0.29, 0.717) is 0 Å². The highest BCUT2D eigenvalue weighted by atomic mass is 15.1. The fourth-order valence-corrected chi connectivity index (χ4v) is 4.27. The molecule has 0 aliphatic carbocycles. The molecule has 1 aliphatic rings. The minimum Gasteiger partial charge on any atom is -0.344 e. The van der Waals surface area contributed by atoms with Crippen LogP contribution in [0, 0.1) is 12.8 Å². The van der Waals surface area contributed by atoms with Gasteiger partial charge in [0, 0.05) is 61.1 Å². The van der Waals surface area contributed by atoms with Crippen LogP contribution in [0.2, 0.25) is 0 Å². The molecule has 3 heterocycles. The zero-order valence-electron chi connectivity index (χ0n) is 16.2. The topological polar surface area (TPSA) is 21.1 Å². The van der Waals surface area contributed by atoms with Gasteiger partial charge in [-0.25, -0.2) is 0 Å². The first-order valence-corrected chi connectivity index (χ1v) is 9.84. The normalized spacial score (nSPS) is 14.9. The summed E-state index contributed by atoms with van der Waals surface area (Å²) in [6.07, 6.45) is 4.22. The molecule has 0 unspecified atom stereocenters. The summed E-state index contributed by atoms with van der Waals surface area (Å²) in [5.74, 6) is 0.721. The van der Waals surface area contributed by atoms with Crippen LogP contribution in [0.3, 0.4) is 0 Å². The van der Waals surface area contributed by atoms with Gasteiger partial charge < -0.3 is 4.57 Å². The molecule has 3 nitrogen and oxygen atoms in total. The molecule has 0 bridgehead atoms. The third-order valence-electron chi connectivity index (χ3n) is 5.46. The Bertz CT molecular complexity index is 890. The zero-order valence-corrected chi connectivity index (χ0v) is 16.2. The second-order valence-electron chi connectivity index (χ2n) is 8.03. The third kappa shape index (κ3) is 3.41. The predicted octanol–water partition coefficient (Wildman–Crippen LogP) is 4.60. The predicted molar refractivity (Wildman–Crippen MR) is 108 cm³/mol. The van der Waals surface area contributed by atoms with Gasteiger partial charge in [-0.3, -0.25) is 9.88 Å². The maximum absolute atomic E-state index is 4.45. The lowest BCUT2D eigenvalue weighted by Crippen LogP contribution is -2.33. The summed E-state index contributed by atoms with van der Waals surface area (Å²) in [6.45, 7) is 11.2. The molecule has 0 saturated carbocycles. The van der Waals surface area contributed by atoms with Gasteiger partial charge in [-0.2, -0.15) is 0 Å². The highest BCUT2D eigenvalue weighted by molar-refractivity contribution is 5.85. The van der Waals surface area contributed by atoms with Crippen molar-refractivity contribution in [3.8, 4) is 0 Å². The van der Waals surface area contributed by atoms with Gasteiger partial charge in [0.05, 0.1) is 0 Å². The number of hydrogen-bond acceptors (Lipinski definition) is 2. The second kappa shape index (κ2) is 7.24. The van der Waals surface area contributed by atoms with Crippen LogP contribution in [0.1, 0.15) is 36.4 Å². The number of fused-ring (bicyclic) bond motifs is 3. The van der Waals surface area contributed by atoms with E-state index in [9.17, 15) is 0 Å². The Morgan fingerprint density at radius 1 is 1.12 bits per heavy atom. The van der Waals surface area contributed by atoms with Gasteiger partial charge >= 0.3 is 0 Å². The number of aromatic nitrogens is 2. The Kier molecular flexibility index (Phi) is 4.82. The first kappa shape index (κ1) is 17.3. The van der Waals surface area contributed by atoms with Crippen molar-refractivity contribution < 1.29 is 0 Å². The maximum atomic E-state index is 4.45. The fraction of sp³-hybridized carbons (Fsp3) is 0.435. The molecule has 1 aromatic carbocycles. The van der Waals surface area contributed by atoms with Gasteiger partial charge in [0.1, 0.15) is 0 Å². The quantitative estimate of drug-likeness (QED) is 0.672. The summed E-state index contributed by atoms with van der Waals surface area (Å²) in [5, 5.41) is 1.44. The highest BCUT2D eigenvalue weighted by Crippen LogP contribution is 2.31. The lowest BCUT2D eigenvalue weighted by Gasteiger charge is -2.29. The minimum atomic E-state index is 0.721. The van der Waals surface area contributed by atoms with Crippen molar-refractivity contribution in [3.63, 3.8) is 0 Å². The second-order valence-corrected chi connectivity index (χ2v) is 8.03. The van der Waals surface area contributed by atoms with Crippen LogP contribution in [-0.2, 0) is 25.9 Å². The molecular weight excluding hydrogens is 318 g/mol. The fourth-order valence-electron chi connectivity index (χ4n) is 4.27. The van der Waals surface area contributed by atoms with E-state index >= 15 is 0 Å². The molecule has 0 atom stereocenters. The van der Waals surface area contributed by atoms with Gasteiger partial charge in [0.25, 0.3) is 0 Å². The number of rotatable bonds is 5. The lowest BCUT2D eigenvalue weighted by molar-refractivity contribution is 0.225. The maximum Gasteiger partial charge on any atom is 0.0486 e. The molecule has 0 fully saturated rings. The van der Waals surface area contributed by atoms with E-state index in [2.05, 4.69) is 64.7 Å². The summed E-state index contributed by atoms with van der Waals surface area (Å²) in [7, 11) is 0. The van der Waals surface area contributed by atoms with Gasteiger partial charge in [0.2, 0.25) is 0 Å².